The Labute approximate surface area is 153 Å². The van der Waals surface area contributed by atoms with E-state index in [9.17, 15) is 19.2 Å². The molecule has 2 saturated heterocycles. The third-order valence-electron chi connectivity index (χ3n) is 4.47. The minimum absolute atomic E-state index is 0.132. The van der Waals surface area contributed by atoms with Gasteiger partial charge in [0.1, 0.15) is 18.4 Å². The van der Waals surface area contributed by atoms with Crippen LogP contribution in [0.1, 0.15) is 23.3 Å². The second-order valence-corrected chi connectivity index (χ2v) is 7.30. The second kappa shape index (κ2) is 7.46. The van der Waals surface area contributed by atoms with Crippen molar-refractivity contribution in [3.05, 3.63) is 18.2 Å². The number of nitrogens with two attached hydrogens (primary N) is 2. The molecule has 1 aromatic rings. The fraction of sp³-hybridized carbons (Fsp3) is 0.533. The van der Waals surface area contributed by atoms with Crippen molar-refractivity contribution in [2.75, 3.05) is 12.3 Å². The molecule has 0 bridgehead atoms. The van der Waals surface area contributed by atoms with Crippen LogP contribution >= 0.6 is 11.8 Å². The third-order valence-corrected chi connectivity index (χ3v) is 5.35. The van der Waals surface area contributed by atoms with Gasteiger partial charge in [0.2, 0.25) is 11.8 Å². The smallest absolute Gasteiger partial charge is 0.279 e. The van der Waals surface area contributed by atoms with Crippen LogP contribution in [-0.4, -0.2) is 67.8 Å². The molecule has 10 nitrogen and oxygen atoms in total. The zero-order valence-corrected chi connectivity index (χ0v) is 14.8. The number of imidazole rings is 1. The number of hydrogen-bond acceptors (Lipinski definition) is 7. The number of aromatic nitrogens is 2. The van der Waals surface area contributed by atoms with Crippen LogP contribution in [0.5, 0.6) is 0 Å². The Bertz CT molecular complexity index is 750. The summed E-state index contributed by atoms with van der Waals surface area (Å²) < 4.78 is 1.28. The Morgan fingerprint density at radius 1 is 1.42 bits per heavy atom. The first-order valence-electron chi connectivity index (χ1n) is 8.22. The molecule has 2 aliphatic rings. The predicted octanol–water partition coefficient (Wildman–Crippen LogP) is -1.31. The average molecular weight is 380 g/mol. The van der Waals surface area contributed by atoms with E-state index < -0.39 is 24.0 Å². The largest absolute Gasteiger partial charge is 0.368 e. The average Bonchev–Trinajstić information content (AvgIpc) is 3.33. The summed E-state index contributed by atoms with van der Waals surface area (Å²) in [5, 5.41) is 2.34. The number of likely N-dealkylation sites (tertiary alicyclic amines) is 1. The van der Waals surface area contributed by atoms with E-state index in [1.807, 2.05) is 0 Å². The summed E-state index contributed by atoms with van der Waals surface area (Å²) in [6.07, 6.45) is 4.22. The maximum Gasteiger partial charge on any atom is 0.279 e. The predicted molar refractivity (Wildman–Crippen MR) is 93.2 cm³/mol. The molecule has 0 radical (unpaired) electrons. The van der Waals surface area contributed by atoms with E-state index in [0.29, 0.717) is 30.8 Å². The lowest BCUT2D eigenvalue weighted by Crippen LogP contribution is -2.50. The molecule has 3 rings (SSSR count). The molecule has 26 heavy (non-hydrogen) atoms. The number of primary amides is 1. The quantitative estimate of drug-likeness (QED) is 0.573. The van der Waals surface area contributed by atoms with Gasteiger partial charge in [0.25, 0.3) is 11.1 Å². The third kappa shape index (κ3) is 3.73. The Kier molecular flexibility index (Phi) is 5.28. The Balaban J connectivity index is 1.61. The molecule has 0 aromatic carbocycles. The number of amides is 3. The van der Waals surface area contributed by atoms with Crippen LogP contribution in [0, 0.1) is 0 Å². The summed E-state index contributed by atoms with van der Waals surface area (Å²) in [7, 11) is 0. The zero-order valence-electron chi connectivity index (χ0n) is 14.0. The lowest BCUT2D eigenvalue weighted by molar-refractivity contribution is -0.138. The Morgan fingerprint density at radius 2 is 2.19 bits per heavy atom. The van der Waals surface area contributed by atoms with E-state index >= 15 is 0 Å². The molecule has 3 atom stereocenters. The van der Waals surface area contributed by atoms with Crippen molar-refractivity contribution in [2.24, 2.45) is 11.5 Å². The van der Waals surface area contributed by atoms with Crippen LogP contribution in [0.4, 0.5) is 4.79 Å². The molecule has 0 aliphatic carbocycles. The van der Waals surface area contributed by atoms with Crippen molar-refractivity contribution in [3.63, 3.8) is 0 Å². The normalized spacial score (nSPS) is 23.7. The van der Waals surface area contributed by atoms with Crippen LogP contribution in [-0.2, 0) is 16.0 Å². The lowest BCUT2D eigenvalue weighted by Gasteiger charge is -2.25. The molecule has 0 saturated carbocycles. The molecule has 140 valence electrons. The van der Waals surface area contributed by atoms with E-state index in [4.69, 9.17) is 11.5 Å². The summed E-state index contributed by atoms with van der Waals surface area (Å²) in [6.45, 7) is 0.451. The summed E-state index contributed by atoms with van der Waals surface area (Å²) in [6, 6.07) is -2.09. The van der Waals surface area contributed by atoms with Crippen LogP contribution in [0.25, 0.3) is 0 Å². The standard InChI is InChI=1S/C15H20N6O4S/c16-9(13(23)21-3-1-2-11(21)12(17)22)4-8-5-20(7-18-8)14(24)10-6-26-15(25)19-10/h5,7,9-11H,1-4,6,16H2,(H2,17,22)(H,19,25)/t9-,10?,11-/m0/s1. The first-order valence-corrected chi connectivity index (χ1v) is 9.21. The molecule has 0 spiro atoms. The molecular weight excluding hydrogens is 360 g/mol. The van der Waals surface area contributed by atoms with Crippen molar-refractivity contribution >= 4 is 34.7 Å². The summed E-state index contributed by atoms with van der Waals surface area (Å²) in [5.41, 5.74) is 11.8. The van der Waals surface area contributed by atoms with Crippen LogP contribution < -0.4 is 16.8 Å². The van der Waals surface area contributed by atoms with Gasteiger partial charge in [-0.15, -0.1) is 0 Å². The lowest BCUT2D eigenvalue weighted by atomic mass is 10.1. The van der Waals surface area contributed by atoms with E-state index in [0.717, 1.165) is 11.8 Å². The van der Waals surface area contributed by atoms with Crippen LogP contribution in [0.3, 0.4) is 0 Å². The maximum atomic E-state index is 12.5. The number of nitrogens with one attached hydrogen (secondary N) is 1. The molecule has 2 fully saturated rings. The highest BCUT2D eigenvalue weighted by Crippen LogP contribution is 2.19. The van der Waals surface area contributed by atoms with Gasteiger partial charge in [0.05, 0.1) is 11.7 Å². The zero-order chi connectivity index (χ0) is 18.8. The fourth-order valence-electron chi connectivity index (χ4n) is 3.14. The maximum absolute atomic E-state index is 12.5. The summed E-state index contributed by atoms with van der Waals surface area (Å²) in [4.78, 5) is 52.9. The van der Waals surface area contributed by atoms with Crippen LogP contribution in [0.15, 0.2) is 12.5 Å². The van der Waals surface area contributed by atoms with Gasteiger partial charge in [-0.3, -0.25) is 23.7 Å². The first-order chi connectivity index (χ1) is 12.4. The number of rotatable bonds is 5. The SMILES string of the molecule is NC(=O)[C@@H]1CCCN1C(=O)[C@@H](N)Cc1cn(C(=O)C2CSC(=O)N2)cn1. The van der Waals surface area contributed by atoms with Gasteiger partial charge >= 0.3 is 0 Å². The van der Waals surface area contributed by atoms with Gasteiger partial charge in [-0.2, -0.15) is 0 Å². The summed E-state index contributed by atoms with van der Waals surface area (Å²) >= 11 is 1.05. The van der Waals surface area contributed by atoms with Crippen molar-refractivity contribution < 1.29 is 19.2 Å². The van der Waals surface area contributed by atoms with Gasteiger partial charge in [0, 0.05) is 24.9 Å². The topological polar surface area (TPSA) is 153 Å². The number of nitrogens with zero attached hydrogens (tertiary/aromatic N) is 3. The number of thioether (sulfide) groups is 1. The Hall–Kier alpha value is -2.40. The number of hydrogen-bond donors (Lipinski definition) is 3. The van der Waals surface area contributed by atoms with Crippen molar-refractivity contribution in [2.45, 2.75) is 37.4 Å². The monoisotopic (exact) mass is 380 g/mol. The van der Waals surface area contributed by atoms with E-state index in [2.05, 4.69) is 10.3 Å². The minimum Gasteiger partial charge on any atom is -0.368 e. The van der Waals surface area contributed by atoms with Gasteiger partial charge < -0.3 is 21.7 Å². The highest BCUT2D eigenvalue weighted by molar-refractivity contribution is 8.14. The van der Waals surface area contributed by atoms with Crippen molar-refractivity contribution in [3.8, 4) is 0 Å². The van der Waals surface area contributed by atoms with Gasteiger partial charge in [-0.05, 0) is 12.8 Å². The van der Waals surface area contributed by atoms with Gasteiger partial charge in [0.15, 0.2) is 0 Å². The van der Waals surface area contributed by atoms with E-state index in [-0.39, 0.29) is 23.5 Å². The molecule has 5 N–H and O–H groups in total. The highest BCUT2D eigenvalue weighted by Gasteiger charge is 2.35. The van der Waals surface area contributed by atoms with Gasteiger partial charge in [-0.25, -0.2) is 4.98 Å². The molecule has 1 unspecified atom stereocenters. The minimum atomic E-state index is -0.879. The molecule has 1 aromatic heterocycles. The van der Waals surface area contributed by atoms with Gasteiger partial charge in [-0.1, -0.05) is 11.8 Å². The van der Waals surface area contributed by atoms with Crippen molar-refractivity contribution in [1.82, 2.24) is 19.8 Å². The summed E-state index contributed by atoms with van der Waals surface area (Å²) in [5.74, 6) is -0.816. The second-order valence-electron chi connectivity index (χ2n) is 6.31. The first kappa shape index (κ1) is 18.4. The molecule has 2 aliphatic heterocycles. The molecular formula is C15H20N6O4S. The highest BCUT2D eigenvalue weighted by atomic mass is 32.2. The molecule has 3 heterocycles. The molecule has 3 amide bonds. The van der Waals surface area contributed by atoms with Crippen LogP contribution in [0.2, 0.25) is 0 Å². The number of carbonyl (C=O) groups is 4. The van der Waals surface area contributed by atoms with Crippen molar-refractivity contribution in [1.29, 1.82) is 0 Å². The number of carbonyl (C=O) groups excluding carboxylic acids is 4. The van der Waals surface area contributed by atoms with E-state index in [1.54, 1.807) is 0 Å². The Morgan fingerprint density at radius 3 is 2.85 bits per heavy atom. The molecule has 11 heteroatoms. The fourth-order valence-corrected chi connectivity index (χ4v) is 3.91. The van der Waals surface area contributed by atoms with E-state index in [1.165, 1.54) is 22.0 Å².